The fourth-order valence-corrected chi connectivity index (χ4v) is 1.61. The van der Waals surface area contributed by atoms with Gasteiger partial charge in [-0.3, -0.25) is 4.79 Å². The number of carbonyl (C=O) groups excluding carboxylic acids is 1. The zero-order valence-corrected chi connectivity index (χ0v) is 10.1. The third-order valence-corrected chi connectivity index (χ3v) is 2.87. The molecule has 1 amide bonds. The van der Waals surface area contributed by atoms with Crippen LogP contribution >= 0.6 is 23.2 Å². The molecular formula is C11H9Cl2N3O. The maximum absolute atomic E-state index is 11.7. The van der Waals surface area contributed by atoms with Gasteiger partial charge in [-0.25, -0.2) is 0 Å². The monoisotopic (exact) mass is 269 g/mol. The minimum atomic E-state index is -0.292. The lowest BCUT2D eigenvalue weighted by Crippen LogP contribution is -2.12. The molecule has 88 valence electrons. The van der Waals surface area contributed by atoms with Crippen molar-refractivity contribution in [2.24, 2.45) is 0 Å². The second-order valence-corrected chi connectivity index (χ2v) is 4.24. The Hall–Kier alpha value is -1.65. The van der Waals surface area contributed by atoms with Crippen LogP contribution in [0.5, 0.6) is 0 Å². The van der Waals surface area contributed by atoms with Gasteiger partial charge < -0.3 is 16.0 Å². The number of benzene rings is 1. The van der Waals surface area contributed by atoms with E-state index in [1.54, 1.807) is 30.5 Å². The van der Waals surface area contributed by atoms with E-state index in [0.717, 1.165) is 0 Å². The molecule has 1 aromatic carbocycles. The fraction of sp³-hybridized carbons (Fsp3) is 0. The van der Waals surface area contributed by atoms with E-state index < -0.39 is 0 Å². The number of H-pyrrole nitrogens is 1. The maximum Gasteiger partial charge on any atom is 0.272 e. The van der Waals surface area contributed by atoms with Gasteiger partial charge in [-0.2, -0.15) is 0 Å². The van der Waals surface area contributed by atoms with Crippen LogP contribution in [0.3, 0.4) is 0 Å². The van der Waals surface area contributed by atoms with E-state index in [1.807, 2.05) is 0 Å². The van der Waals surface area contributed by atoms with Crippen molar-refractivity contribution >= 4 is 40.5 Å². The molecule has 0 unspecified atom stereocenters. The summed E-state index contributed by atoms with van der Waals surface area (Å²) < 4.78 is 0. The number of amides is 1. The highest BCUT2D eigenvalue weighted by atomic mass is 35.5. The van der Waals surface area contributed by atoms with Gasteiger partial charge in [0.1, 0.15) is 5.69 Å². The number of rotatable bonds is 2. The Kier molecular flexibility index (Phi) is 3.26. The molecule has 0 saturated carbocycles. The van der Waals surface area contributed by atoms with Crippen molar-refractivity contribution in [3.05, 3.63) is 46.2 Å². The van der Waals surface area contributed by atoms with Crippen molar-refractivity contribution in [2.75, 3.05) is 11.1 Å². The first-order valence-corrected chi connectivity index (χ1v) is 5.52. The molecule has 6 heteroatoms. The number of hydrogen-bond acceptors (Lipinski definition) is 2. The van der Waals surface area contributed by atoms with Crippen LogP contribution in [0.1, 0.15) is 10.5 Å². The lowest BCUT2D eigenvalue weighted by molar-refractivity contribution is 0.102. The summed E-state index contributed by atoms with van der Waals surface area (Å²) in [6.45, 7) is 0. The first-order chi connectivity index (χ1) is 8.06. The lowest BCUT2D eigenvalue weighted by Gasteiger charge is -2.04. The van der Waals surface area contributed by atoms with Crippen molar-refractivity contribution in [3.63, 3.8) is 0 Å². The number of nitrogens with one attached hydrogen (secondary N) is 2. The van der Waals surface area contributed by atoms with Crippen LogP contribution in [-0.4, -0.2) is 10.9 Å². The molecule has 0 spiro atoms. The average Bonchev–Trinajstić information content (AvgIpc) is 2.70. The van der Waals surface area contributed by atoms with Crippen molar-refractivity contribution in [1.29, 1.82) is 0 Å². The third-order valence-electron chi connectivity index (χ3n) is 2.13. The van der Waals surface area contributed by atoms with E-state index in [0.29, 0.717) is 27.1 Å². The SMILES string of the molecule is Nc1c[nH]c(C(=O)Nc2ccc(Cl)c(Cl)c2)c1. The van der Waals surface area contributed by atoms with Crippen molar-refractivity contribution in [2.45, 2.75) is 0 Å². The molecule has 17 heavy (non-hydrogen) atoms. The molecule has 2 aromatic rings. The summed E-state index contributed by atoms with van der Waals surface area (Å²) in [7, 11) is 0. The molecule has 0 fully saturated rings. The van der Waals surface area contributed by atoms with Crippen LogP contribution < -0.4 is 11.1 Å². The first kappa shape index (κ1) is 11.8. The van der Waals surface area contributed by atoms with Crippen LogP contribution in [0, 0.1) is 0 Å². The van der Waals surface area contributed by atoms with Gasteiger partial charge in [0.15, 0.2) is 0 Å². The molecule has 4 N–H and O–H groups in total. The van der Waals surface area contributed by atoms with Crippen molar-refractivity contribution in [1.82, 2.24) is 4.98 Å². The summed E-state index contributed by atoms with van der Waals surface area (Å²) in [4.78, 5) is 14.5. The van der Waals surface area contributed by atoms with E-state index in [9.17, 15) is 4.79 Å². The molecule has 0 radical (unpaired) electrons. The fourth-order valence-electron chi connectivity index (χ4n) is 1.31. The standard InChI is InChI=1S/C11H9Cl2N3O/c12-8-2-1-7(4-9(8)13)16-11(17)10-3-6(14)5-15-10/h1-5,15H,14H2,(H,16,17). The molecule has 1 heterocycles. The normalized spacial score (nSPS) is 10.2. The van der Waals surface area contributed by atoms with Crippen LogP contribution in [-0.2, 0) is 0 Å². The van der Waals surface area contributed by atoms with Gasteiger partial charge in [0.2, 0.25) is 0 Å². The number of hydrogen-bond donors (Lipinski definition) is 3. The Morgan fingerprint density at radius 1 is 1.24 bits per heavy atom. The van der Waals surface area contributed by atoms with E-state index in [4.69, 9.17) is 28.9 Å². The first-order valence-electron chi connectivity index (χ1n) is 4.76. The predicted octanol–water partition coefficient (Wildman–Crippen LogP) is 3.16. The molecule has 0 saturated heterocycles. The highest BCUT2D eigenvalue weighted by Crippen LogP contribution is 2.25. The Bertz CT molecular complexity index is 566. The van der Waals surface area contributed by atoms with Gasteiger partial charge in [0, 0.05) is 17.6 Å². The van der Waals surface area contributed by atoms with E-state index in [1.165, 1.54) is 0 Å². The van der Waals surface area contributed by atoms with Gasteiger partial charge in [-0.1, -0.05) is 23.2 Å². The van der Waals surface area contributed by atoms with Crippen LogP contribution in [0.25, 0.3) is 0 Å². The summed E-state index contributed by atoms with van der Waals surface area (Å²) in [5, 5.41) is 3.49. The highest BCUT2D eigenvalue weighted by Gasteiger charge is 2.08. The Balaban J connectivity index is 2.15. The van der Waals surface area contributed by atoms with Gasteiger partial charge in [0.25, 0.3) is 5.91 Å². The number of carbonyl (C=O) groups is 1. The topological polar surface area (TPSA) is 70.9 Å². The molecule has 2 rings (SSSR count). The summed E-state index contributed by atoms with van der Waals surface area (Å²) in [5.74, 6) is -0.292. The van der Waals surface area contributed by atoms with Crippen LogP contribution in [0.15, 0.2) is 30.5 Å². The van der Waals surface area contributed by atoms with Gasteiger partial charge in [0.05, 0.1) is 10.0 Å². The predicted molar refractivity (Wildman–Crippen MR) is 69.6 cm³/mol. The second-order valence-electron chi connectivity index (χ2n) is 3.43. The summed E-state index contributed by atoms with van der Waals surface area (Å²) in [6.07, 6.45) is 1.55. The van der Waals surface area contributed by atoms with Crippen LogP contribution in [0.4, 0.5) is 11.4 Å². The minimum absolute atomic E-state index is 0.292. The van der Waals surface area contributed by atoms with Crippen molar-refractivity contribution < 1.29 is 4.79 Å². The molecule has 0 aliphatic heterocycles. The molecule has 0 atom stereocenters. The van der Waals surface area contributed by atoms with Crippen molar-refractivity contribution in [3.8, 4) is 0 Å². The molecule has 0 aliphatic rings. The number of aromatic nitrogens is 1. The number of nitrogens with two attached hydrogens (primary N) is 1. The summed E-state index contributed by atoms with van der Waals surface area (Å²) in [6, 6.07) is 6.40. The van der Waals surface area contributed by atoms with Gasteiger partial charge >= 0.3 is 0 Å². The quantitative estimate of drug-likeness (QED) is 0.784. The zero-order valence-electron chi connectivity index (χ0n) is 8.63. The van der Waals surface area contributed by atoms with Gasteiger partial charge in [-0.05, 0) is 24.3 Å². The molecular weight excluding hydrogens is 261 g/mol. The number of anilines is 2. The summed E-state index contributed by atoms with van der Waals surface area (Å²) in [5.41, 5.74) is 6.96. The molecule has 0 bridgehead atoms. The maximum atomic E-state index is 11.7. The van der Waals surface area contributed by atoms with E-state index >= 15 is 0 Å². The molecule has 4 nitrogen and oxygen atoms in total. The number of halogens is 2. The molecule has 1 aromatic heterocycles. The zero-order chi connectivity index (χ0) is 12.4. The van der Waals surface area contributed by atoms with Crippen LogP contribution in [0.2, 0.25) is 10.0 Å². The Morgan fingerprint density at radius 2 is 2.00 bits per heavy atom. The highest BCUT2D eigenvalue weighted by molar-refractivity contribution is 6.42. The smallest absolute Gasteiger partial charge is 0.272 e. The number of nitrogen functional groups attached to an aromatic ring is 1. The average molecular weight is 270 g/mol. The van der Waals surface area contributed by atoms with E-state index in [-0.39, 0.29) is 5.91 Å². The van der Waals surface area contributed by atoms with E-state index in [2.05, 4.69) is 10.3 Å². The lowest BCUT2D eigenvalue weighted by atomic mass is 10.3. The number of aromatic amines is 1. The molecule has 0 aliphatic carbocycles. The minimum Gasteiger partial charge on any atom is -0.397 e. The largest absolute Gasteiger partial charge is 0.397 e. The second kappa shape index (κ2) is 4.69. The third kappa shape index (κ3) is 2.72. The van der Waals surface area contributed by atoms with Gasteiger partial charge in [-0.15, -0.1) is 0 Å². The summed E-state index contributed by atoms with van der Waals surface area (Å²) >= 11 is 11.6. The Morgan fingerprint density at radius 3 is 2.59 bits per heavy atom. The Labute approximate surface area is 108 Å².